The highest BCUT2D eigenvalue weighted by molar-refractivity contribution is 5.23. The molecular formula is C17H23N3O. The molecule has 2 aromatic rings. The Morgan fingerprint density at radius 2 is 2.00 bits per heavy atom. The van der Waals surface area contributed by atoms with Gasteiger partial charge in [-0.05, 0) is 24.9 Å². The lowest BCUT2D eigenvalue weighted by Gasteiger charge is -2.22. The lowest BCUT2D eigenvalue weighted by molar-refractivity contribution is 0.323. The number of aromatic nitrogens is 2. The van der Waals surface area contributed by atoms with E-state index < -0.39 is 0 Å². The van der Waals surface area contributed by atoms with Gasteiger partial charge in [0.2, 0.25) is 5.89 Å². The Morgan fingerprint density at radius 1 is 1.29 bits per heavy atom. The number of benzene rings is 1. The Bertz CT molecular complexity index is 589. The molecule has 0 saturated heterocycles. The molecule has 1 aromatic carbocycles. The first kappa shape index (κ1) is 14.3. The molecular weight excluding hydrogens is 262 g/mol. The maximum absolute atomic E-state index is 5.54. The van der Waals surface area contributed by atoms with Gasteiger partial charge in [0.1, 0.15) is 0 Å². The van der Waals surface area contributed by atoms with Gasteiger partial charge in [-0.15, -0.1) is 0 Å². The Morgan fingerprint density at radius 3 is 2.62 bits per heavy atom. The van der Waals surface area contributed by atoms with Crippen LogP contribution in [0.3, 0.4) is 0 Å². The summed E-state index contributed by atoms with van der Waals surface area (Å²) in [5.41, 5.74) is 1.41. The molecule has 112 valence electrons. The second-order valence-electron chi connectivity index (χ2n) is 6.25. The molecule has 1 aromatic heterocycles. The molecule has 0 aliphatic heterocycles. The summed E-state index contributed by atoms with van der Waals surface area (Å²) in [4.78, 5) is 4.65. The van der Waals surface area contributed by atoms with Gasteiger partial charge in [0.25, 0.3) is 0 Å². The minimum atomic E-state index is 0.149. The molecule has 1 heterocycles. The van der Waals surface area contributed by atoms with E-state index in [2.05, 4.69) is 60.5 Å². The predicted octanol–water partition coefficient (Wildman–Crippen LogP) is 3.58. The molecule has 1 aliphatic rings. The topological polar surface area (TPSA) is 51.0 Å². The second-order valence-corrected chi connectivity index (χ2v) is 6.25. The van der Waals surface area contributed by atoms with E-state index in [1.165, 1.54) is 5.56 Å². The van der Waals surface area contributed by atoms with Gasteiger partial charge in [0.15, 0.2) is 5.82 Å². The lowest BCUT2D eigenvalue weighted by Crippen LogP contribution is -2.26. The first-order valence-corrected chi connectivity index (χ1v) is 7.76. The van der Waals surface area contributed by atoms with Crippen LogP contribution in [0.25, 0.3) is 0 Å². The summed E-state index contributed by atoms with van der Waals surface area (Å²) in [6.45, 7) is 7.37. The third kappa shape index (κ3) is 2.86. The van der Waals surface area contributed by atoms with Gasteiger partial charge in [0, 0.05) is 11.5 Å². The van der Waals surface area contributed by atoms with E-state index in [0.29, 0.717) is 0 Å². The molecule has 0 spiro atoms. The van der Waals surface area contributed by atoms with Crippen molar-refractivity contribution < 1.29 is 4.52 Å². The minimum absolute atomic E-state index is 0.149. The Hall–Kier alpha value is -1.68. The molecule has 0 radical (unpaired) electrons. The predicted molar refractivity (Wildman–Crippen MR) is 82.2 cm³/mol. The van der Waals surface area contributed by atoms with Crippen molar-refractivity contribution in [3.63, 3.8) is 0 Å². The van der Waals surface area contributed by atoms with Crippen LogP contribution >= 0.6 is 0 Å². The third-order valence-corrected chi connectivity index (χ3v) is 4.45. The molecule has 1 N–H and O–H groups in total. The maximum Gasteiger partial charge on any atom is 0.231 e. The van der Waals surface area contributed by atoms with Crippen molar-refractivity contribution in [1.29, 1.82) is 0 Å². The monoisotopic (exact) mass is 285 g/mol. The Kier molecular flexibility index (Phi) is 3.81. The lowest BCUT2D eigenvalue weighted by atomic mass is 9.94. The first-order valence-electron chi connectivity index (χ1n) is 7.76. The normalized spacial score (nSPS) is 19.2. The van der Waals surface area contributed by atoms with Crippen LogP contribution in [0, 0.1) is 0 Å². The van der Waals surface area contributed by atoms with Crippen LogP contribution in [-0.4, -0.2) is 16.7 Å². The number of rotatable bonds is 6. The third-order valence-electron chi connectivity index (χ3n) is 4.45. The maximum atomic E-state index is 5.54. The van der Waals surface area contributed by atoms with Crippen molar-refractivity contribution in [1.82, 2.24) is 15.5 Å². The van der Waals surface area contributed by atoms with Gasteiger partial charge in [-0.3, -0.25) is 0 Å². The molecule has 2 atom stereocenters. The van der Waals surface area contributed by atoms with Crippen LogP contribution < -0.4 is 5.32 Å². The molecule has 1 aliphatic carbocycles. The van der Waals surface area contributed by atoms with E-state index in [1.807, 2.05) is 6.07 Å². The van der Waals surface area contributed by atoms with Crippen LogP contribution in [0.4, 0.5) is 0 Å². The highest BCUT2D eigenvalue weighted by Crippen LogP contribution is 2.46. The molecule has 0 amide bonds. The van der Waals surface area contributed by atoms with E-state index in [0.717, 1.165) is 31.1 Å². The summed E-state index contributed by atoms with van der Waals surface area (Å²) in [6.07, 6.45) is 2.32. The molecule has 0 bridgehead atoms. The van der Waals surface area contributed by atoms with Crippen LogP contribution in [0.15, 0.2) is 34.9 Å². The zero-order valence-electron chi connectivity index (χ0n) is 13.0. The van der Waals surface area contributed by atoms with Gasteiger partial charge in [-0.1, -0.05) is 56.3 Å². The standard InChI is InChI=1S/C17H23N3O/c1-4-18-14(13-8-6-5-7-9-13)12(2)15-19-16(20-21-15)17(3)10-11-17/h5-9,12,14,18H,4,10-11H2,1-3H3. The quantitative estimate of drug-likeness (QED) is 0.881. The number of nitrogens with one attached hydrogen (secondary N) is 1. The molecule has 4 heteroatoms. The number of likely N-dealkylation sites (N-methyl/N-ethyl adjacent to an activating group) is 1. The van der Waals surface area contributed by atoms with Gasteiger partial charge in [0.05, 0.1) is 5.92 Å². The van der Waals surface area contributed by atoms with E-state index in [-0.39, 0.29) is 17.4 Å². The van der Waals surface area contributed by atoms with E-state index >= 15 is 0 Å². The van der Waals surface area contributed by atoms with Crippen molar-refractivity contribution in [3.05, 3.63) is 47.6 Å². The largest absolute Gasteiger partial charge is 0.339 e. The van der Waals surface area contributed by atoms with Crippen molar-refractivity contribution in [2.24, 2.45) is 0 Å². The molecule has 21 heavy (non-hydrogen) atoms. The fourth-order valence-electron chi connectivity index (χ4n) is 2.68. The van der Waals surface area contributed by atoms with Crippen molar-refractivity contribution in [2.45, 2.75) is 51.0 Å². The van der Waals surface area contributed by atoms with Crippen LogP contribution in [0.2, 0.25) is 0 Å². The fourth-order valence-corrected chi connectivity index (χ4v) is 2.68. The molecule has 1 fully saturated rings. The van der Waals surface area contributed by atoms with Gasteiger partial charge in [-0.2, -0.15) is 4.98 Å². The average Bonchev–Trinajstić information content (AvgIpc) is 3.06. The summed E-state index contributed by atoms with van der Waals surface area (Å²) in [6, 6.07) is 10.6. The second kappa shape index (κ2) is 5.60. The molecule has 4 nitrogen and oxygen atoms in total. The minimum Gasteiger partial charge on any atom is -0.339 e. The summed E-state index contributed by atoms with van der Waals surface area (Å²) in [5.74, 6) is 1.75. The van der Waals surface area contributed by atoms with Crippen LogP contribution in [0.1, 0.15) is 62.9 Å². The summed E-state index contributed by atoms with van der Waals surface area (Å²) >= 11 is 0. The van der Waals surface area contributed by atoms with Gasteiger partial charge < -0.3 is 9.84 Å². The molecule has 2 unspecified atom stereocenters. The smallest absolute Gasteiger partial charge is 0.231 e. The Labute approximate surface area is 126 Å². The molecule has 1 saturated carbocycles. The number of hydrogen-bond donors (Lipinski definition) is 1. The highest BCUT2D eigenvalue weighted by Gasteiger charge is 2.44. The van der Waals surface area contributed by atoms with Crippen molar-refractivity contribution in [2.75, 3.05) is 6.54 Å². The number of hydrogen-bond acceptors (Lipinski definition) is 4. The number of nitrogens with zero attached hydrogens (tertiary/aromatic N) is 2. The highest BCUT2D eigenvalue weighted by atomic mass is 16.5. The van der Waals surface area contributed by atoms with Crippen molar-refractivity contribution >= 4 is 0 Å². The van der Waals surface area contributed by atoms with Crippen LogP contribution in [0.5, 0.6) is 0 Å². The summed E-state index contributed by atoms with van der Waals surface area (Å²) < 4.78 is 5.54. The molecule has 3 rings (SSSR count). The SMILES string of the molecule is CCNC(c1ccccc1)C(C)c1nc(C2(C)CC2)no1. The average molecular weight is 285 g/mol. The first-order chi connectivity index (χ1) is 10.1. The Balaban J connectivity index is 1.83. The van der Waals surface area contributed by atoms with Crippen molar-refractivity contribution in [3.8, 4) is 0 Å². The summed E-state index contributed by atoms with van der Waals surface area (Å²) in [5, 5.41) is 7.73. The van der Waals surface area contributed by atoms with Gasteiger partial charge >= 0.3 is 0 Å². The summed E-state index contributed by atoms with van der Waals surface area (Å²) in [7, 11) is 0. The van der Waals surface area contributed by atoms with E-state index in [4.69, 9.17) is 4.52 Å². The zero-order chi connectivity index (χ0) is 14.9. The fraction of sp³-hybridized carbons (Fsp3) is 0.529. The van der Waals surface area contributed by atoms with E-state index in [1.54, 1.807) is 0 Å². The zero-order valence-corrected chi connectivity index (χ0v) is 13.0. The van der Waals surface area contributed by atoms with Crippen LogP contribution in [-0.2, 0) is 5.41 Å². The van der Waals surface area contributed by atoms with E-state index in [9.17, 15) is 0 Å². The van der Waals surface area contributed by atoms with Gasteiger partial charge in [-0.25, -0.2) is 0 Å².